The van der Waals surface area contributed by atoms with Gasteiger partial charge in [0.1, 0.15) is 0 Å². The molecule has 1 atom stereocenters. The monoisotopic (exact) mass is 233 g/mol. The first kappa shape index (κ1) is 12.4. The molecule has 1 aromatic rings. The van der Waals surface area contributed by atoms with Gasteiger partial charge >= 0.3 is 0 Å². The Morgan fingerprint density at radius 2 is 2.35 bits per heavy atom. The Bertz CT molecular complexity index is 379. The molecule has 1 aliphatic rings. The highest BCUT2D eigenvalue weighted by molar-refractivity contribution is 5.15. The van der Waals surface area contributed by atoms with Gasteiger partial charge in [-0.2, -0.15) is 5.10 Å². The van der Waals surface area contributed by atoms with E-state index in [1.54, 1.807) is 0 Å². The van der Waals surface area contributed by atoms with Crippen LogP contribution in [0.3, 0.4) is 0 Å². The second kappa shape index (κ2) is 6.01. The van der Waals surface area contributed by atoms with Gasteiger partial charge in [0.05, 0.1) is 6.20 Å². The van der Waals surface area contributed by atoms with Gasteiger partial charge in [-0.3, -0.25) is 4.68 Å². The van der Waals surface area contributed by atoms with Gasteiger partial charge < -0.3 is 5.32 Å². The van der Waals surface area contributed by atoms with Gasteiger partial charge in [0.15, 0.2) is 0 Å². The highest BCUT2D eigenvalue weighted by Gasteiger charge is 2.09. The van der Waals surface area contributed by atoms with Crippen molar-refractivity contribution in [3.8, 4) is 0 Å². The first-order chi connectivity index (χ1) is 8.27. The zero-order chi connectivity index (χ0) is 12.1. The summed E-state index contributed by atoms with van der Waals surface area (Å²) in [6, 6.07) is 0. The van der Waals surface area contributed by atoms with Crippen LogP contribution in [0.1, 0.15) is 30.5 Å². The van der Waals surface area contributed by atoms with Crippen molar-refractivity contribution in [3.05, 3.63) is 29.6 Å². The van der Waals surface area contributed by atoms with Crippen molar-refractivity contribution < 1.29 is 0 Å². The summed E-state index contributed by atoms with van der Waals surface area (Å²) in [5, 5.41) is 7.83. The van der Waals surface area contributed by atoms with Crippen LogP contribution in [0.15, 0.2) is 18.3 Å². The Labute approximate surface area is 104 Å². The average Bonchev–Trinajstić information content (AvgIpc) is 2.67. The van der Waals surface area contributed by atoms with Crippen LogP contribution in [0.25, 0.3) is 0 Å². The average molecular weight is 233 g/mol. The van der Waals surface area contributed by atoms with E-state index in [4.69, 9.17) is 0 Å². The molecule has 17 heavy (non-hydrogen) atoms. The van der Waals surface area contributed by atoms with E-state index in [9.17, 15) is 0 Å². The number of nitrogens with zero attached hydrogens (tertiary/aromatic N) is 2. The quantitative estimate of drug-likeness (QED) is 0.624. The van der Waals surface area contributed by atoms with Crippen molar-refractivity contribution in [1.29, 1.82) is 0 Å². The molecule has 0 fully saturated rings. The third-order valence-electron chi connectivity index (χ3n) is 3.72. The molecule has 0 bridgehead atoms. The van der Waals surface area contributed by atoms with Gasteiger partial charge in [0.2, 0.25) is 0 Å². The number of allylic oxidation sites excluding steroid dienone is 2. The fourth-order valence-electron chi connectivity index (χ4n) is 2.36. The van der Waals surface area contributed by atoms with Gasteiger partial charge in [-0.15, -0.1) is 0 Å². The smallest absolute Gasteiger partial charge is 0.0524 e. The van der Waals surface area contributed by atoms with Crippen LogP contribution in [-0.4, -0.2) is 22.9 Å². The molecular formula is C14H23N3. The zero-order valence-corrected chi connectivity index (χ0v) is 10.9. The lowest BCUT2D eigenvalue weighted by Crippen LogP contribution is -2.25. The molecule has 0 amide bonds. The Kier molecular flexibility index (Phi) is 4.37. The van der Waals surface area contributed by atoms with Crippen LogP contribution in [0, 0.1) is 12.8 Å². The molecule has 0 spiro atoms. The van der Waals surface area contributed by atoms with Crippen molar-refractivity contribution in [2.45, 2.75) is 32.6 Å². The van der Waals surface area contributed by atoms with Gasteiger partial charge in [-0.05, 0) is 57.2 Å². The largest absolute Gasteiger partial charge is 0.316 e. The molecule has 94 valence electrons. The summed E-state index contributed by atoms with van der Waals surface area (Å²) < 4.78 is 1.95. The second-order valence-electron chi connectivity index (χ2n) is 4.98. The van der Waals surface area contributed by atoms with Crippen LogP contribution in [-0.2, 0) is 13.5 Å². The molecule has 0 saturated heterocycles. The van der Waals surface area contributed by atoms with E-state index in [0.717, 1.165) is 25.4 Å². The molecule has 3 heteroatoms. The number of rotatable bonds is 5. The fourth-order valence-corrected chi connectivity index (χ4v) is 2.36. The summed E-state index contributed by atoms with van der Waals surface area (Å²) in [6.45, 7) is 4.35. The van der Waals surface area contributed by atoms with Crippen molar-refractivity contribution in [1.82, 2.24) is 15.1 Å². The number of aryl methyl sites for hydroxylation is 1. The third-order valence-corrected chi connectivity index (χ3v) is 3.72. The SMILES string of the molecule is Cc1c(CCNC[C@H]2CC=CCC2)cnn1C. The van der Waals surface area contributed by atoms with E-state index in [2.05, 4.69) is 29.5 Å². The maximum atomic E-state index is 4.26. The van der Waals surface area contributed by atoms with Gasteiger partial charge in [0, 0.05) is 12.7 Å². The summed E-state index contributed by atoms with van der Waals surface area (Å²) >= 11 is 0. The lowest BCUT2D eigenvalue weighted by molar-refractivity contribution is 0.442. The van der Waals surface area contributed by atoms with Crippen molar-refractivity contribution in [3.63, 3.8) is 0 Å². The van der Waals surface area contributed by atoms with E-state index in [0.29, 0.717) is 0 Å². The number of aromatic nitrogens is 2. The highest BCUT2D eigenvalue weighted by atomic mass is 15.3. The molecule has 0 unspecified atom stereocenters. The number of hydrogen-bond acceptors (Lipinski definition) is 2. The standard InChI is InChI=1S/C14H23N3/c1-12-14(11-16-17(12)2)8-9-15-10-13-6-4-3-5-7-13/h3-4,11,13,15H,5-10H2,1-2H3/t13-/m0/s1. The minimum Gasteiger partial charge on any atom is -0.316 e. The maximum Gasteiger partial charge on any atom is 0.0524 e. The normalized spacial score (nSPS) is 19.8. The summed E-state index contributed by atoms with van der Waals surface area (Å²) in [5.41, 5.74) is 2.65. The predicted molar refractivity (Wildman–Crippen MR) is 71.0 cm³/mol. The van der Waals surface area contributed by atoms with Crippen molar-refractivity contribution >= 4 is 0 Å². The van der Waals surface area contributed by atoms with E-state index in [1.807, 2.05) is 17.9 Å². The molecule has 3 nitrogen and oxygen atoms in total. The fraction of sp³-hybridized carbons (Fsp3) is 0.643. The first-order valence-corrected chi connectivity index (χ1v) is 6.60. The molecular weight excluding hydrogens is 210 g/mol. The molecule has 0 saturated carbocycles. The van der Waals surface area contributed by atoms with Crippen LogP contribution < -0.4 is 5.32 Å². The topological polar surface area (TPSA) is 29.9 Å². The molecule has 2 rings (SSSR count). The van der Waals surface area contributed by atoms with Crippen LogP contribution in [0.4, 0.5) is 0 Å². The highest BCUT2D eigenvalue weighted by Crippen LogP contribution is 2.16. The molecule has 0 aliphatic heterocycles. The lowest BCUT2D eigenvalue weighted by Gasteiger charge is -2.18. The van der Waals surface area contributed by atoms with E-state index >= 15 is 0 Å². The van der Waals surface area contributed by atoms with Crippen LogP contribution in [0.5, 0.6) is 0 Å². The Hall–Kier alpha value is -1.09. The Morgan fingerprint density at radius 1 is 1.47 bits per heavy atom. The summed E-state index contributed by atoms with van der Waals surface area (Å²) in [4.78, 5) is 0. The van der Waals surface area contributed by atoms with Crippen LogP contribution >= 0.6 is 0 Å². The molecule has 1 aliphatic carbocycles. The van der Waals surface area contributed by atoms with Gasteiger partial charge in [-0.1, -0.05) is 12.2 Å². The minimum absolute atomic E-state index is 0.843. The van der Waals surface area contributed by atoms with E-state index in [-0.39, 0.29) is 0 Å². The van der Waals surface area contributed by atoms with Crippen molar-refractivity contribution in [2.24, 2.45) is 13.0 Å². The predicted octanol–water partition coefficient (Wildman–Crippen LogP) is 2.22. The minimum atomic E-state index is 0.843. The molecule has 0 aromatic carbocycles. The molecule has 1 N–H and O–H groups in total. The molecule has 1 heterocycles. The second-order valence-corrected chi connectivity index (χ2v) is 4.98. The summed E-state index contributed by atoms with van der Waals surface area (Å²) in [6.07, 6.45) is 11.5. The van der Waals surface area contributed by atoms with Gasteiger partial charge in [-0.25, -0.2) is 0 Å². The Balaban J connectivity index is 1.66. The molecule has 1 aromatic heterocycles. The summed E-state index contributed by atoms with van der Waals surface area (Å²) in [7, 11) is 2.00. The van der Waals surface area contributed by atoms with Crippen LogP contribution in [0.2, 0.25) is 0 Å². The van der Waals surface area contributed by atoms with Crippen molar-refractivity contribution in [2.75, 3.05) is 13.1 Å². The number of nitrogens with one attached hydrogen (secondary N) is 1. The first-order valence-electron chi connectivity index (χ1n) is 6.60. The Morgan fingerprint density at radius 3 is 3.00 bits per heavy atom. The van der Waals surface area contributed by atoms with Gasteiger partial charge in [0.25, 0.3) is 0 Å². The van der Waals surface area contributed by atoms with E-state index < -0.39 is 0 Å². The third kappa shape index (κ3) is 3.43. The van der Waals surface area contributed by atoms with E-state index in [1.165, 1.54) is 30.5 Å². The maximum absolute atomic E-state index is 4.26. The molecule has 0 radical (unpaired) electrons. The number of hydrogen-bond donors (Lipinski definition) is 1. The zero-order valence-electron chi connectivity index (χ0n) is 10.9. The lowest BCUT2D eigenvalue weighted by atomic mass is 9.94. The summed E-state index contributed by atoms with van der Waals surface area (Å²) in [5.74, 6) is 0.843.